The summed E-state index contributed by atoms with van der Waals surface area (Å²) in [6.45, 7) is 0. The van der Waals surface area contributed by atoms with Gasteiger partial charge in [-0.05, 0) is 28.8 Å². The lowest BCUT2D eigenvalue weighted by Crippen LogP contribution is -1.91. The summed E-state index contributed by atoms with van der Waals surface area (Å²) in [5.41, 5.74) is 2.97. The van der Waals surface area contributed by atoms with Crippen LogP contribution in [0.2, 0.25) is 0 Å². The Bertz CT molecular complexity index is 634. The second-order valence-electron chi connectivity index (χ2n) is 3.79. The van der Waals surface area contributed by atoms with E-state index >= 15 is 0 Å². The minimum atomic E-state index is -4.62. The summed E-state index contributed by atoms with van der Waals surface area (Å²) >= 11 is 3.36. The molecule has 2 rings (SSSR count). The molecule has 0 atom stereocenters. The van der Waals surface area contributed by atoms with Crippen LogP contribution in [-0.2, 0) is 15.6 Å². The maximum Gasteiger partial charge on any atom is 0.332 e. The molecule has 0 heterocycles. The molecule has 0 saturated carbocycles. The average molecular weight is 329 g/mol. The number of halogens is 2. The van der Waals surface area contributed by atoms with Gasteiger partial charge in [0.05, 0.1) is 4.90 Å². The molecule has 2 aromatic rings. The largest absolute Gasteiger partial charge is 0.332 e. The summed E-state index contributed by atoms with van der Waals surface area (Å²) in [6, 6.07) is 13.6. The topological polar surface area (TPSA) is 34.1 Å². The van der Waals surface area contributed by atoms with Crippen LogP contribution in [0.4, 0.5) is 3.89 Å². The van der Waals surface area contributed by atoms with Crippen molar-refractivity contribution in [3.63, 3.8) is 0 Å². The molecule has 0 aliphatic carbocycles. The molecule has 0 saturated heterocycles. The van der Waals surface area contributed by atoms with E-state index in [9.17, 15) is 12.3 Å². The molecule has 0 radical (unpaired) electrons. The fourth-order valence-corrected chi connectivity index (χ4v) is 2.43. The zero-order chi connectivity index (χ0) is 13.2. The molecule has 18 heavy (non-hydrogen) atoms. The molecule has 0 bridgehead atoms. The van der Waals surface area contributed by atoms with E-state index in [0.717, 1.165) is 22.0 Å². The van der Waals surface area contributed by atoms with Gasteiger partial charge in [0.25, 0.3) is 0 Å². The Labute approximate surface area is 114 Å². The summed E-state index contributed by atoms with van der Waals surface area (Å²) in [6.07, 6.45) is 0. The molecule has 2 aromatic carbocycles. The second kappa shape index (κ2) is 5.20. The van der Waals surface area contributed by atoms with Gasteiger partial charge in [-0.2, -0.15) is 8.42 Å². The van der Waals surface area contributed by atoms with Gasteiger partial charge in [0.1, 0.15) is 0 Å². The SMILES string of the molecule is O=S(=O)(F)c1ccc(-c2ccc(CBr)cc2)cc1. The third-order valence-corrected chi connectivity index (χ3v) is 4.06. The average Bonchev–Trinajstić information content (AvgIpc) is 2.38. The van der Waals surface area contributed by atoms with E-state index in [-0.39, 0.29) is 4.90 Å². The fourth-order valence-electron chi connectivity index (χ4n) is 1.60. The smallest absolute Gasteiger partial charge is 0.189 e. The van der Waals surface area contributed by atoms with Gasteiger partial charge in [-0.15, -0.1) is 3.89 Å². The van der Waals surface area contributed by atoms with Crippen molar-refractivity contribution >= 4 is 26.2 Å². The predicted octanol–water partition coefficient (Wildman–Crippen LogP) is 3.91. The lowest BCUT2D eigenvalue weighted by molar-refractivity contribution is 0.552. The van der Waals surface area contributed by atoms with E-state index in [2.05, 4.69) is 15.9 Å². The summed E-state index contributed by atoms with van der Waals surface area (Å²) in [5, 5.41) is 0.784. The van der Waals surface area contributed by atoms with E-state index in [1.165, 1.54) is 12.1 Å². The third-order valence-electron chi connectivity index (χ3n) is 2.58. The van der Waals surface area contributed by atoms with Crippen LogP contribution in [0.5, 0.6) is 0 Å². The maximum absolute atomic E-state index is 12.7. The maximum atomic E-state index is 12.7. The van der Waals surface area contributed by atoms with Gasteiger partial charge < -0.3 is 0 Å². The molecule has 0 aliphatic rings. The van der Waals surface area contributed by atoms with Crippen molar-refractivity contribution in [3.8, 4) is 11.1 Å². The summed E-state index contributed by atoms with van der Waals surface area (Å²) in [5.74, 6) is 0. The van der Waals surface area contributed by atoms with Crippen LogP contribution in [0.1, 0.15) is 5.56 Å². The number of benzene rings is 2. The lowest BCUT2D eigenvalue weighted by atomic mass is 10.0. The predicted molar refractivity (Wildman–Crippen MR) is 72.8 cm³/mol. The van der Waals surface area contributed by atoms with Gasteiger partial charge in [0, 0.05) is 5.33 Å². The first kappa shape index (κ1) is 13.2. The molecule has 0 aliphatic heterocycles. The Morgan fingerprint density at radius 3 is 1.72 bits per heavy atom. The molecule has 5 heteroatoms. The number of hydrogen-bond donors (Lipinski definition) is 0. The number of hydrogen-bond acceptors (Lipinski definition) is 2. The van der Waals surface area contributed by atoms with Crippen molar-refractivity contribution in [2.45, 2.75) is 10.2 Å². The molecule has 0 amide bonds. The zero-order valence-electron chi connectivity index (χ0n) is 9.31. The van der Waals surface area contributed by atoms with Crippen LogP contribution in [-0.4, -0.2) is 8.42 Å². The highest BCUT2D eigenvalue weighted by atomic mass is 79.9. The first-order valence-electron chi connectivity index (χ1n) is 5.21. The molecule has 0 unspecified atom stereocenters. The lowest BCUT2D eigenvalue weighted by Gasteiger charge is -2.03. The van der Waals surface area contributed by atoms with E-state index in [0.29, 0.717) is 0 Å². The van der Waals surface area contributed by atoms with Crippen LogP contribution in [0.15, 0.2) is 53.4 Å². The fraction of sp³-hybridized carbons (Fsp3) is 0.0769. The van der Waals surface area contributed by atoms with Crippen LogP contribution >= 0.6 is 15.9 Å². The van der Waals surface area contributed by atoms with Gasteiger partial charge >= 0.3 is 10.2 Å². The van der Waals surface area contributed by atoms with E-state index < -0.39 is 10.2 Å². The van der Waals surface area contributed by atoms with E-state index in [4.69, 9.17) is 0 Å². The quantitative estimate of drug-likeness (QED) is 0.632. The van der Waals surface area contributed by atoms with Gasteiger partial charge in [0.15, 0.2) is 0 Å². The van der Waals surface area contributed by atoms with Gasteiger partial charge in [-0.3, -0.25) is 0 Å². The highest BCUT2D eigenvalue weighted by Crippen LogP contribution is 2.23. The molecular formula is C13H10BrFO2S. The third kappa shape index (κ3) is 2.97. The molecule has 94 valence electrons. The normalized spacial score (nSPS) is 11.4. The van der Waals surface area contributed by atoms with Crippen molar-refractivity contribution in [2.75, 3.05) is 0 Å². The molecule has 0 spiro atoms. The van der Waals surface area contributed by atoms with Crippen molar-refractivity contribution < 1.29 is 12.3 Å². The summed E-state index contributed by atoms with van der Waals surface area (Å²) in [4.78, 5) is -0.316. The Kier molecular flexibility index (Phi) is 3.82. The molecule has 0 N–H and O–H groups in total. The van der Waals surface area contributed by atoms with Crippen LogP contribution in [0.3, 0.4) is 0 Å². The Morgan fingerprint density at radius 2 is 1.33 bits per heavy atom. The first-order chi connectivity index (χ1) is 8.50. The monoisotopic (exact) mass is 328 g/mol. The van der Waals surface area contributed by atoms with Crippen molar-refractivity contribution in [2.24, 2.45) is 0 Å². The standard InChI is InChI=1S/C13H10BrFO2S/c14-9-10-1-3-11(4-2-10)12-5-7-13(8-6-12)18(15,16)17/h1-8H,9H2. The van der Waals surface area contributed by atoms with Crippen molar-refractivity contribution in [3.05, 3.63) is 54.1 Å². The van der Waals surface area contributed by atoms with Crippen LogP contribution in [0.25, 0.3) is 11.1 Å². The summed E-state index contributed by atoms with van der Waals surface area (Å²) < 4.78 is 34.1. The van der Waals surface area contributed by atoms with Crippen molar-refractivity contribution in [1.82, 2.24) is 0 Å². The highest BCUT2D eigenvalue weighted by Gasteiger charge is 2.11. The van der Waals surface area contributed by atoms with E-state index in [1.54, 1.807) is 12.1 Å². The second-order valence-corrected chi connectivity index (χ2v) is 5.70. The zero-order valence-corrected chi connectivity index (χ0v) is 11.7. The molecule has 0 aromatic heterocycles. The minimum Gasteiger partial charge on any atom is -0.189 e. The Balaban J connectivity index is 2.34. The van der Waals surface area contributed by atoms with Crippen molar-refractivity contribution in [1.29, 1.82) is 0 Å². The van der Waals surface area contributed by atoms with Gasteiger partial charge in [-0.25, -0.2) is 0 Å². The Morgan fingerprint density at radius 1 is 0.889 bits per heavy atom. The van der Waals surface area contributed by atoms with Gasteiger partial charge in [-0.1, -0.05) is 52.3 Å². The molecule has 0 fully saturated rings. The van der Waals surface area contributed by atoms with E-state index in [1.807, 2.05) is 24.3 Å². The summed E-state index contributed by atoms with van der Waals surface area (Å²) in [7, 11) is -4.62. The highest BCUT2D eigenvalue weighted by molar-refractivity contribution is 9.08. The van der Waals surface area contributed by atoms with Crippen LogP contribution in [0, 0.1) is 0 Å². The van der Waals surface area contributed by atoms with Gasteiger partial charge in [0.2, 0.25) is 0 Å². The number of alkyl halides is 1. The number of rotatable bonds is 3. The first-order valence-corrected chi connectivity index (χ1v) is 7.71. The Hall–Kier alpha value is -1.20. The van der Waals surface area contributed by atoms with Crippen LogP contribution < -0.4 is 0 Å². The molecule has 2 nitrogen and oxygen atoms in total. The minimum absolute atomic E-state index is 0.316. The molecular weight excluding hydrogens is 319 g/mol.